The van der Waals surface area contributed by atoms with Crippen molar-refractivity contribution in [3.8, 4) is 0 Å². The first-order valence-corrected chi connectivity index (χ1v) is 9.52. The second-order valence-corrected chi connectivity index (χ2v) is 8.18. The maximum absolute atomic E-state index is 13.0. The number of amides is 1. The van der Waals surface area contributed by atoms with Crippen LogP contribution < -0.4 is 0 Å². The topological polar surface area (TPSA) is 70.2 Å². The van der Waals surface area contributed by atoms with Gasteiger partial charge in [0.05, 0.1) is 13.2 Å². The summed E-state index contributed by atoms with van der Waals surface area (Å²) in [7, 11) is -1.65. The van der Waals surface area contributed by atoms with Crippen LogP contribution in [0.4, 0.5) is 0 Å². The van der Waals surface area contributed by atoms with Crippen molar-refractivity contribution in [3.05, 3.63) is 0 Å². The molecule has 0 radical (unpaired) electrons. The van der Waals surface area contributed by atoms with Gasteiger partial charge in [0.2, 0.25) is 5.91 Å². The number of ether oxygens (including phenoxy) is 1. The highest BCUT2D eigenvalue weighted by Crippen LogP contribution is 2.31. The molecule has 0 saturated carbocycles. The zero-order valence-corrected chi connectivity index (χ0v) is 13.9. The number of piperidine rings is 1. The van der Waals surface area contributed by atoms with Crippen LogP contribution >= 0.6 is 0 Å². The quantitative estimate of drug-likeness (QED) is 0.716. The van der Waals surface area contributed by atoms with E-state index in [1.54, 1.807) is 9.21 Å². The van der Waals surface area contributed by atoms with Crippen LogP contribution in [0.15, 0.2) is 0 Å². The molecule has 0 aromatic heterocycles. The lowest BCUT2D eigenvalue weighted by molar-refractivity contribution is -0.132. The summed E-state index contributed by atoms with van der Waals surface area (Å²) in [5.41, 5.74) is 0. The molecule has 7 nitrogen and oxygen atoms in total. The van der Waals surface area contributed by atoms with Gasteiger partial charge in [-0.15, -0.1) is 0 Å². The third kappa shape index (κ3) is 2.89. The lowest BCUT2D eigenvalue weighted by atomic mass is 9.95. The molecule has 3 aliphatic rings. The normalized spacial score (nSPS) is 32.6. The molecule has 22 heavy (non-hydrogen) atoms. The molecule has 0 aromatic rings. The van der Waals surface area contributed by atoms with E-state index in [9.17, 15) is 13.2 Å². The van der Waals surface area contributed by atoms with Crippen molar-refractivity contribution in [1.29, 1.82) is 0 Å². The van der Waals surface area contributed by atoms with Gasteiger partial charge >= 0.3 is 0 Å². The van der Waals surface area contributed by atoms with Crippen molar-refractivity contribution in [3.63, 3.8) is 0 Å². The van der Waals surface area contributed by atoms with Crippen molar-refractivity contribution in [2.75, 3.05) is 39.9 Å². The van der Waals surface area contributed by atoms with Crippen LogP contribution in [0.1, 0.15) is 32.1 Å². The number of hydrogen-bond donors (Lipinski definition) is 0. The summed E-state index contributed by atoms with van der Waals surface area (Å²) in [6.45, 7) is 2.32. The average Bonchev–Trinajstić information content (AvgIpc) is 2.68. The molecule has 0 spiro atoms. The first kappa shape index (κ1) is 16.2. The number of fused-ring (bicyclic) bond motifs is 1. The molecule has 0 aliphatic carbocycles. The number of rotatable bonds is 2. The zero-order chi connectivity index (χ0) is 15.7. The molecule has 3 aliphatic heterocycles. The minimum atomic E-state index is -3.46. The van der Waals surface area contributed by atoms with Gasteiger partial charge < -0.3 is 9.64 Å². The third-order valence-electron chi connectivity index (χ3n) is 5.07. The zero-order valence-electron chi connectivity index (χ0n) is 13.1. The molecular weight excluding hydrogens is 306 g/mol. The van der Waals surface area contributed by atoms with Crippen molar-refractivity contribution >= 4 is 16.1 Å². The number of morpholine rings is 1. The Bertz CT molecular complexity index is 518. The van der Waals surface area contributed by atoms with Gasteiger partial charge in [-0.25, -0.2) is 0 Å². The first-order chi connectivity index (χ1) is 10.5. The Kier molecular flexibility index (Phi) is 4.72. The molecule has 0 unspecified atom stereocenters. The number of likely N-dealkylation sites (N-methyl/N-ethyl adjacent to an activating group) is 1. The van der Waals surface area contributed by atoms with Gasteiger partial charge in [0.15, 0.2) is 0 Å². The number of hydrogen-bond acceptors (Lipinski definition) is 4. The summed E-state index contributed by atoms with van der Waals surface area (Å²) in [6, 6.07) is -0.0717. The Hall–Kier alpha value is -0.700. The fourth-order valence-electron chi connectivity index (χ4n) is 3.83. The predicted molar refractivity (Wildman–Crippen MR) is 81.4 cm³/mol. The molecule has 3 heterocycles. The maximum atomic E-state index is 13.0. The molecule has 0 aromatic carbocycles. The number of carbonyl (C=O) groups is 1. The lowest BCUT2D eigenvalue weighted by Crippen LogP contribution is -2.59. The van der Waals surface area contributed by atoms with Crippen LogP contribution in [-0.4, -0.2) is 79.8 Å². The van der Waals surface area contributed by atoms with Gasteiger partial charge in [0.25, 0.3) is 10.2 Å². The van der Waals surface area contributed by atoms with E-state index >= 15 is 0 Å². The standard InChI is InChI=1S/C14H25N3O4S/c1-15-12-5-3-7-17(13(12)4-2-6-14(15)18)22(19,20)16-8-10-21-11-9-16/h12-13H,2-11H2,1H3/t12-,13-/m1/s1. The summed E-state index contributed by atoms with van der Waals surface area (Å²) in [4.78, 5) is 13.8. The summed E-state index contributed by atoms with van der Waals surface area (Å²) < 4.78 is 34.4. The fourth-order valence-corrected chi connectivity index (χ4v) is 5.69. The Balaban J connectivity index is 1.84. The van der Waals surface area contributed by atoms with E-state index in [0.29, 0.717) is 39.3 Å². The van der Waals surface area contributed by atoms with Gasteiger partial charge in [0.1, 0.15) is 0 Å². The van der Waals surface area contributed by atoms with E-state index in [-0.39, 0.29) is 18.0 Å². The molecule has 1 amide bonds. The molecule has 8 heteroatoms. The summed E-state index contributed by atoms with van der Waals surface area (Å²) in [5, 5.41) is 0. The molecule has 2 atom stereocenters. The van der Waals surface area contributed by atoms with Crippen LogP contribution in [0.5, 0.6) is 0 Å². The minimum Gasteiger partial charge on any atom is -0.379 e. The highest BCUT2D eigenvalue weighted by Gasteiger charge is 2.44. The van der Waals surface area contributed by atoms with Gasteiger partial charge in [-0.2, -0.15) is 17.0 Å². The fraction of sp³-hybridized carbons (Fsp3) is 0.929. The summed E-state index contributed by atoms with van der Waals surface area (Å²) in [5.74, 6) is 0.137. The SMILES string of the molecule is CN1C(=O)CCC[C@@H]2[C@H]1CCCN2S(=O)(=O)N1CCOCC1. The Morgan fingerprint density at radius 3 is 2.45 bits per heavy atom. The monoisotopic (exact) mass is 331 g/mol. The lowest BCUT2D eigenvalue weighted by Gasteiger charge is -2.44. The highest BCUT2D eigenvalue weighted by molar-refractivity contribution is 7.86. The molecule has 3 fully saturated rings. The molecule has 3 saturated heterocycles. The van der Waals surface area contributed by atoms with E-state index < -0.39 is 10.2 Å². The van der Waals surface area contributed by atoms with E-state index in [1.807, 2.05) is 7.05 Å². The third-order valence-corrected chi connectivity index (χ3v) is 7.13. The van der Waals surface area contributed by atoms with Crippen LogP contribution in [0.25, 0.3) is 0 Å². The maximum Gasteiger partial charge on any atom is 0.282 e. The molecule has 3 rings (SSSR count). The Morgan fingerprint density at radius 1 is 1.05 bits per heavy atom. The second-order valence-electron chi connectivity index (χ2n) is 6.30. The van der Waals surface area contributed by atoms with Gasteiger partial charge in [-0.1, -0.05) is 0 Å². The molecule has 0 bridgehead atoms. The van der Waals surface area contributed by atoms with Crippen molar-refractivity contribution in [2.45, 2.75) is 44.2 Å². The number of likely N-dealkylation sites (tertiary alicyclic amines) is 1. The predicted octanol–water partition coefficient (Wildman–Crippen LogP) is 0.0387. The van der Waals surface area contributed by atoms with Crippen molar-refractivity contribution in [1.82, 2.24) is 13.5 Å². The Labute approximate surface area is 132 Å². The molecule has 126 valence electrons. The van der Waals surface area contributed by atoms with Gasteiger partial charge in [0, 0.05) is 45.2 Å². The van der Waals surface area contributed by atoms with Gasteiger partial charge in [-0.05, 0) is 25.7 Å². The average molecular weight is 331 g/mol. The molecular formula is C14H25N3O4S. The van der Waals surface area contributed by atoms with Crippen molar-refractivity contribution in [2.24, 2.45) is 0 Å². The first-order valence-electron chi connectivity index (χ1n) is 8.12. The summed E-state index contributed by atoms with van der Waals surface area (Å²) in [6.07, 6.45) is 3.75. The number of carbonyl (C=O) groups excluding carboxylic acids is 1. The Morgan fingerprint density at radius 2 is 1.73 bits per heavy atom. The second kappa shape index (κ2) is 6.43. The minimum absolute atomic E-state index is 0.0135. The van der Waals surface area contributed by atoms with E-state index in [0.717, 1.165) is 25.7 Å². The summed E-state index contributed by atoms with van der Waals surface area (Å²) >= 11 is 0. The van der Waals surface area contributed by atoms with Crippen molar-refractivity contribution < 1.29 is 17.9 Å². The molecule has 0 N–H and O–H groups in total. The highest BCUT2D eigenvalue weighted by atomic mass is 32.2. The van der Waals surface area contributed by atoms with Gasteiger partial charge in [-0.3, -0.25) is 4.79 Å². The largest absolute Gasteiger partial charge is 0.379 e. The van der Waals surface area contributed by atoms with Crippen LogP contribution in [-0.2, 0) is 19.7 Å². The van der Waals surface area contributed by atoms with E-state index in [1.165, 1.54) is 4.31 Å². The van der Waals surface area contributed by atoms with E-state index in [2.05, 4.69) is 0 Å². The van der Waals surface area contributed by atoms with Crippen LogP contribution in [0.3, 0.4) is 0 Å². The van der Waals surface area contributed by atoms with Crippen LogP contribution in [0.2, 0.25) is 0 Å². The van der Waals surface area contributed by atoms with Crippen LogP contribution in [0, 0.1) is 0 Å². The van der Waals surface area contributed by atoms with E-state index in [4.69, 9.17) is 4.74 Å². The smallest absolute Gasteiger partial charge is 0.282 e. The number of nitrogens with zero attached hydrogens (tertiary/aromatic N) is 3.